The van der Waals surface area contributed by atoms with E-state index in [9.17, 15) is 13.6 Å². The maximum atomic E-state index is 12.5. The highest BCUT2D eigenvalue weighted by Gasteiger charge is 2.32. The minimum Gasteiger partial charge on any atom is -0.482 e. The Morgan fingerprint density at radius 2 is 2.00 bits per heavy atom. The minimum atomic E-state index is -2.34. The molecule has 3 aromatic rings. The van der Waals surface area contributed by atoms with E-state index in [2.05, 4.69) is 34.8 Å². The van der Waals surface area contributed by atoms with Gasteiger partial charge < -0.3 is 14.6 Å². The molecule has 10 heteroatoms. The Hall–Kier alpha value is -2.95. The highest BCUT2D eigenvalue weighted by atomic mass is 79.9. The van der Waals surface area contributed by atoms with E-state index in [-0.39, 0.29) is 0 Å². The van der Waals surface area contributed by atoms with E-state index in [4.69, 9.17) is 14.6 Å². The Morgan fingerprint density at radius 3 is 2.64 bits per heavy atom. The first-order chi connectivity index (χ1) is 17.2. The van der Waals surface area contributed by atoms with E-state index in [1.807, 2.05) is 30.3 Å². The lowest BCUT2D eigenvalue weighted by atomic mass is 9.87. The maximum Gasteiger partial charge on any atom is 0.341 e. The van der Waals surface area contributed by atoms with Crippen LogP contribution in [0.1, 0.15) is 55.3 Å². The van der Waals surface area contributed by atoms with Gasteiger partial charge in [0.25, 0.3) is 11.3 Å². The number of benzene rings is 2. The highest BCUT2D eigenvalue weighted by Crippen LogP contribution is 2.42. The van der Waals surface area contributed by atoms with Crippen LogP contribution in [-0.2, 0) is 22.5 Å². The molecule has 2 unspecified atom stereocenters. The molecule has 2 N–H and O–H groups in total. The molecule has 1 aliphatic rings. The van der Waals surface area contributed by atoms with Crippen molar-refractivity contribution in [2.75, 3.05) is 10.9 Å². The number of carboxylic acid groups (broad SMARTS) is 1. The second-order valence-electron chi connectivity index (χ2n) is 8.78. The zero-order valence-electron chi connectivity index (χ0n) is 19.9. The van der Waals surface area contributed by atoms with Gasteiger partial charge in [0.05, 0.1) is 22.4 Å². The van der Waals surface area contributed by atoms with E-state index in [0.29, 0.717) is 46.3 Å². The van der Waals surface area contributed by atoms with Crippen molar-refractivity contribution in [2.24, 2.45) is 0 Å². The largest absolute Gasteiger partial charge is 0.482 e. The Kier molecular flexibility index (Phi) is 8.28. The van der Waals surface area contributed by atoms with Gasteiger partial charge in [-0.15, -0.1) is 0 Å². The summed E-state index contributed by atoms with van der Waals surface area (Å²) in [5.41, 5.74) is 3.32. The highest BCUT2D eigenvalue weighted by molar-refractivity contribution is 9.10. The smallest absolute Gasteiger partial charge is 0.341 e. The van der Waals surface area contributed by atoms with Crippen LogP contribution >= 0.6 is 15.9 Å². The molecular formula is C26H27BrN2O6S. The fraction of sp³-hybridized carbons (Fsp3) is 0.308. The number of rotatable bonds is 9. The molecule has 4 rings (SSSR count). The summed E-state index contributed by atoms with van der Waals surface area (Å²) in [4.78, 5) is 15.4. The lowest BCUT2D eigenvalue weighted by Gasteiger charge is -2.35. The SMILES string of the molecule is CC(C)c1ccc(Oc2ncc(N(C3CCCc4c(OCC(=O)O)cccc43)S(=O)O)cc2Br)cc1. The van der Waals surface area contributed by atoms with Crippen LogP contribution in [0.3, 0.4) is 0 Å². The molecule has 0 radical (unpaired) electrons. The molecule has 0 amide bonds. The summed E-state index contributed by atoms with van der Waals surface area (Å²) in [6, 6.07) is 14.4. The van der Waals surface area contributed by atoms with Crippen LogP contribution in [0.15, 0.2) is 59.2 Å². The first kappa shape index (κ1) is 26.1. The number of aromatic nitrogens is 1. The van der Waals surface area contributed by atoms with Crippen LogP contribution in [0.4, 0.5) is 5.69 Å². The number of pyridine rings is 1. The van der Waals surface area contributed by atoms with Gasteiger partial charge in [0.1, 0.15) is 11.5 Å². The summed E-state index contributed by atoms with van der Waals surface area (Å²) in [5, 5.41) is 8.99. The molecule has 0 bridgehead atoms. The molecule has 0 saturated carbocycles. The average molecular weight is 575 g/mol. The van der Waals surface area contributed by atoms with Gasteiger partial charge >= 0.3 is 5.97 Å². The number of fused-ring (bicyclic) bond motifs is 1. The van der Waals surface area contributed by atoms with E-state index in [1.54, 1.807) is 18.2 Å². The van der Waals surface area contributed by atoms with E-state index < -0.39 is 29.9 Å². The van der Waals surface area contributed by atoms with Crippen LogP contribution in [0.25, 0.3) is 0 Å². The Labute approximate surface area is 220 Å². The van der Waals surface area contributed by atoms with Crippen molar-refractivity contribution in [3.63, 3.8) is 0 Å². The molecule has 36 heavy (non-hydrogen) atoms. The molecule has 1 aliphatic carbocycles. The third kappa shape index (κ3) is 5.88. The second kappa shape index (κ2) is 11.4. The van der Waals surface area contributed by atoms with Gasteiger partial charge in [-0.05, 0) is 82.1 Å². The maximum absolute atomic E-state index is 12.5. The monoisotopic (exact) mass is 574 g/mol. The Morgan fingerprint density at radius 1 is 1.25 bits per heavy atom. The van der Waals surface area contributed by atoms with Crippen LogP contribution in [-0.4, -0.2) is 31.4 Å². The quantitative estimate of drug-likeness (QED) is 0.291. The van der Waals surface area contributed by atoms with Gasteiger partial charge in [0.2, 0.25) is 5.88 Å². The molecule has 0 spiro atoms. The standard InChI is InChI=1S/C26H27BrN2O6S/c1-16(2)17-9-11-19(12-10-17)35-26-22(27)13-18(14-28-26)29(36(32)33)23-7-3-6-21-20(23)5-4-8-24(21)34-15-25(30)31/h4-5,8-14,16,23H,3,6-7,15H2,1-2H3,(H,30,31)(H,32,33). The van der Waals surface area contributed by atoms with Crippen molar-refractivity contribution in [1.29, 1.82) is 0 Å². The van der Waals surface area contributed by atoms with Gasteiger partial charge in [0.15, 0.2) is 6.61 Å². The number of aliphatic carboxylic acids is 1. The van der Waals surface area contributed by atoms with Gasteiger partial charge in [-0.1, -0.05) is 38.1 Å². The number of halogens is 1. The number of carboxylic acids is 1. The number of anilines is 1. The van der Waals surface area contributed by atoms with Gasteiger partial charge in [0, 0.05) is 0 Å². The second-order valence-corrected chi connectivity index (χ2v) is 10.5. The molecule has 2 aromatic carbocycles. The fourth-order valence-electron chi connectivity index (χ4n) is 4.33. The summed E-state index contributed by atoms with van der Waals surface area (Å²) < 4.78 is 36.1. The molecule has 0 fully saturated rings. The first-order valence-electron chi connectivity index (χ1n) is 11.5. The molecule has 0 saturated heterocycles. The molecule has 1 heterocycles. The van der Waals surface area contributed by atoms with Crippen LogP contribution < -0.4 is 13.8 Å². The number of ether oxygens (including phenoxy) is 2. The third-order valence-corrected chi connectivity index (χ3v) is 7.41. The van der Waals surface area contributed by atoms with Crippen molar-refractivity contribution < 1.29 is 28.1 Å². The summed E-state index contributed by atoms with van der Waals surface area (Å²) >= 11 is 1.15. The van der Waals surface area contributed by atoms with Crippen LogP contribution in [0.2, 0.25) is 0 Å². The molecule has 1 aromatic heterocycles. The van der Waals surface area contributed by atoms with E-state index in [1.165, 1.54) is 16.1 Å². The number of hydrogen-bond acceptors (Lipinski definition) is 5. The van der Waals surface area contributed by atoms with Gasteiger partial charge in [-0.25, -0.2) is 14.0 Å². The number of hydrogen-bond donors (Lipinski definition) is 2. The number of nitrogens with zero attached hydrogens (tertiary/aromatic N) is 2. The van der Waals surface area contributed by atoms with Crippen molar-refractivity contribution in [1.82, 2.24) is 4.98 Å². The van der Waals surface area contributed by atoms with Crippen LogP contribution in [0.5, 0.6) is 17.4 Å². The van der Waals surface area contributed by atoms with Crippen molar-refractivity contribution in [3.05, 3.63) is 75.9 Å². The first-order valence-corrected chi connectivity index (χ1v) is 13.4. The molecule has 8 nitrogen and oxygen atoms in total. The minimum absolute atomic E-state index is 0.341. The van der Waals surface area contributed by atoms with Gasteiger partial charge in [-0.2, -0.15) is 0 Å². The van der Waals surface area contributed by atoms with E-state index in [0.717, 1.165) is 17.5 Å². The molecule has 2 atom stereocenters. The zero-order chi connectivity index (χ0) is 25.8. The molecule has 190 valence electrons. The lowest BCUT2D eigenvalue weighted by Crippen LogP contribution is -2.33. The Balaban J connectivity index is 1.61. The summed E-state index contributed by atoms with van der Waals surface area (Å²) in [6.07, 6.45) is 3.59. The summed E-state index contributed by atoms with van der Waals surface area (Å²) in [5.74, 6) is 0.811. The predicted molar refractivity (Wildman–Crippen MR) is 141 cm³/mol. The van der Waals surface area contributed by atoms with Crippen molar-refractivity contribution in [3.8, 4) is 17.4 Å². The average Bonchev–Trinajstić information content (AvgIpc) is 2.84. The molecule has 0 aliphatic heterocycles. The summed E-state index contributed by atoms with van der Waals surface area (Å²) in [6.45, 7) is 3.80. The summed E-state index contributed by atoms with van der Waals surface area (Å²) in [7, 11) is 0. The normalized spacial score (nSPS) is 15.8. The van der Waals surface area contributed by atoms with Crippen molar-refractivity contribution in [2.45, 2.75) is 45.1 Å². The zero-order valence-corrected chi connectivity index (χ0v) is 22.3. The topological polar surface area (TPSA) is 109 Å². The molecular weight excluding hydrogens is 548 g/mol. The lowest BCUT2D eigenvalue weighted by molar-refractivity contribution is -0.139. The fourth-order valence-corrected chi connectivity index (χ4v) is 5.47. The Bertz CT molecular complexity index is 1270. The third-order valence-electron chi connectivity index (χ3n) is 6.04. The van der Waals surface area contributed by atoms with Gasteiger partial charge in [-0.3, -0.25) is 8.86 Å². The predicted octanol–water partition coefficient (Wildman–Crippen LogP) is 6.24. The van der Waals surface area contributed by atoms with Crippen LogP contribution in [0, 0.1) is 0 Å². The van der Waals surface area contributed by atoms with Crippen molar-refractivity contribution >= 4 is 38.9 Å². The van der Waals surface area contributed by atoms with E-state index >= 15 is 0 Å². The number of carbonyl (C=O) groups is 1.